The van der Waals surface area contributed by atoms with Crippen LogP contribution in [-0.4, -0.2) is 18.0 Å². The van der Waals surface area contributed by atoms with E-state index in [9.17, 15) is 0 Å². The van der Waals surface area contributed by atoms with E-state index in [1.54, 1.807) is 12.1 Å². The second-order valence-electron chi connectivity index (χ2n) is 3.37. The average molecular weight is 302 g/mol. The molecule has 6 heteroatoms. The van der Waals surface area contributed by atoms with Crippen molar-refractivity contribution in [3.8, 4) is 5.75 Å². The summed E-state index contributed by atoms with van der Waals surface area (Å²) in [5.41, 5.74) is 0.951. The number of methoxy groups -OCH3 is 1. The van der Waals surface area contributed by atoms with E-state index in [4.69, 9.17) is 33.1 Å². The van der Waals surface area contributed by atoms with E-state index < -0.39 is 0 Å². The molecule has 1 N–H and O–H groups in total. The first-order chi connectivity index (χ1) is 8.69. The van der Waals surface area contributed by atoms with E-state index in [-0.39, 0.29) is 0 Å². The zero-order chi connectivity index (χ0) is 13.1. The normalized spacial score (nSPS) is 11.6. The molecule has 0 unspecified atom stereocenters. The van der Waals surface area contributed by atoms with E-state index in [1.165, 1.54) is 18.4 Å². The van der Waals surface area contributed by atoms with Crippen molar-refractivity contribution in [3.05, 3.63) is 50.1 Å². The highest BCUT2D eigenvalue weighted by molar-refractivity contribution is 7.12. The summed E-state index contributed by atoms with van der Waals surface area (Å²) < 4.78 is 5.07. The van der Waals surface area contributed by atoms with Crippen molar-refractivity contribution >= 4 is 40.3 Å². The van der Waals surface area contributed by atoms with E-state index in [0.29, 0.717) is 27.1 Å². The van der Waals surface area contributed by atoms with Crippen LogP contribution in [0, 0.1) is 0 Å². The van der Waals surface area contributed by atoms with Crippen molar-refractivity contribution in [2.24, 2.45) is 5.16 Å². The maximum absolute atomic E-state index is 9.15. The first-order valence-electron chi connectivity index (χ1n) is 4.97. The fourth-order valence-electron chi connectivity index (χ4n) is 1.52. The minimum atomic E-state index is 0.300. The molecule has 0 radical (unpaired) electrons. The molecule has 0 aliphatic rings. The van der Waals surface area contributed by atoms with Crippen LogP contribution in [0.1, 0.15) is 10.4 Å². The predicted molar refractivity (Wildman–Crippen MR) is 74.8 cm³/mol. The highest BCUT2D eigenvalue weighted by Crippen LogP contribution is 2.36. The highest BCUT2D eigenvalue weighted by Gasteiger charge is 2.17. The molecule has 0 fully saturated rings. The van der Waals surface area contributed by atoms with Gasteiger partial charge in [-0.3, -0.25) is 0 Å². The molecule has 2 aromatic rings. The lowest BCUT2D eigenvalue weighted by Crippen LogP contribution is -2.02. The second kappa shape index (κ2) is 5.61. The number of oxime groups is 1. The third-order valence-electron chi connectivity index (χ3n) is 2.38. The quantitative estimate of drug-likeness (QED) is 0.522. The molecule has 1 aromatic heterocycles. The van der Waals surface area contributed by atoms with Crippen molar-refractivity contribution in [2.45, 2.75) is 0 Å². The van der Waals surface area contributed by atoms with E-state index in [2.05, 4.69) is 5.16 Å². The van der Waals surface area contributed by atoms with Crippen molar-refractivity contribution in [1.29, 1.82) is 0 Å². The molecule has 1 heterocycles. The zero-order valence-electron chi connectivity index (χ0n) is 9.35. The monoisotopic (exact) mass is 301 g/mol. The Labute approximate surface area is 118 Å². The van der Waals surface area contributed by atoms with Gasteiger partial charge in [-0.25, -0.2) is 0 Å². The molecule has 3 nitrogen and oxygen atoms in total. The van der Waals surface area contributed by atoms with E-state index >= 15 is 0 Å². The SMILES string of the molecule is COc1ccc(/C(=N\O)c2cccs2)c(Cl)c1Cl. The summed E-state index contributed by atoms with van der Waals surface area (Å²) in [7, 11) is 1.51. The van der Waals surface area contributed by atoms with Gasteiger partial charge in [0.15, 0.2) is 0 Å². The van der Waals surface area contributed by atoms with Crippen molar-refractivity contribution < 1.29 is 9.94 Å². The van der Waals surface area contributed by atoms with Crippen molar-refractivity contribution in [3.63, 3.8) is 0 Å². The van der Waals surface area contributed by atoms with Crippen LogP contribution in [-0.2, 0) is 0 Å². The Morgan fingerprint density at radius 1 is 1.28 bits per heavy atom. The number of hydrogen-bond donors (Lipinski definition) is 1. The Morgan fingerprint density at radius 2 is 2.06 bits per heavy atom. The van der Waals surface area contributed by atoms with Gasteiger partial charge in [-0.15, -0.1) is 11.3 Å². The maximum Gasteiger partial charge on any atom is 0.139 e. The molecule has 0 spiro atoms. The average Bonchev–Trinajstić information content (AvgIpc) is 2.89. The molecule has 0 atom stereocenters. The summed E-state index contributed by atoms with van der Waals surface area (Å²) in [6.45, 7) is 0. The van der Waals surface area contributed by atoms with Crippen LogP contribution < -0.4 is 4.74 Å². The summed E-state index contributed by atoms with van der Waals surface area (Å²) in [6, 6.07) is 7.10. The van der Waals surface area contributed by atoms with Crippen molar-refractivity contribution in [1.82, 2.24) is 0 Å². The van der Waals surface area contributed by atoms with Gasteiger partial charge in [-0.2, -0.15) is 0 Å². The number of halogens is 2. The molecule has 0 amide bonds. The fraction of sp³-hybridized carbons (Fsp3) is 0.0833. The van der Waals surface area contributed by atoms with Crippen LogP contribution >= 0.6 is 34.5 Å². The minimum absolute atomic E-state index is 0.300. The Hall–Kier alpha value is -1.23. The van der Waals surface area contributed by atoms with E-state index in [0.717, 1.165) is 4.88 Å². The molecule has 0 saturated carbocycles. The number of benzene rings is 1. The Bertz CT molecular complexity index is 582. The number of rotatable bonds is 3. The third-order valence-corrected chi connectivity index (χ3v) is 4.12. The second-order valence-corrected chi connectivity index (χ2v) is 5.07. The van der Waals surface area contributed by atoms with Gasteiger partial charge >= 0.3 is 0 Å². The van der Waals surface area contributed by atoms with Gasteiger partial charge in [0.05, 0.1) is 17.0 Å². The molecule has 1 aromatic carbocycles. The zero-order valence-corrected chi connectivity index (χ0v) is 11.7. The largest absolute Gasteiger partial charge is 0.495 e. The molecular weight excluding hydrogens is 293 g/mol. The maximum atomic E-state index is 9.15. The van der Waals surface area contributed by atoms with Gasteiger partial charge in [-0.05, 0) is 23.6 Å². The molecule has 2 rings (SSSR count). The molecule has 0 aliphatic heterocycles. The van der Waals surface area contributed by atoms with Crippen LogP contribution in [0.15, 0.2) is 34.8 Å². The topological polar surface area (TPSA) is 41.8 Å². The minimum Gasteiger partial charge on any atom is -0.495 e. The predicted octanol–water partition coefficient (Wildman–Crippen LogP) is 4.29. The summed E-state index contributed by atoms with van der Waals surface area (Å²) in [4.78, 5) is 0.806. The van der Waals surface area contributed by atoms with Gasteiger partial charge in [0.1, 0.15) is 16.5 Å². The van der Waals surface area contributed by atoms with Crippen LogP contribution in [0.3, 0.4) is 0 Å². The summed E-state index contributed by atoms with van der Waals surface area (Å²) in [5, 5.41) is 14.9. The van der Waals surface area contributed by atoms with E-state index in [1.807, 2.05) is 17.5 Å². The van der Waals surface area contributed by atoms with Gasteiger partial charge in [0, 0.05) is 5.56 Å². The Balaban J connectivity index is 2.55. The lowest BCUT2D eigenvalue weighted by atomic mass is 10.1. The van der Waals surface area contributed by atoms with Gasteiger partial charge in [0.2, 0.25) is 0 Å². The summed E-state index contributed by atoms with van der Waals surface area (Å²) in [5.74, 6) is 0.480. The number of ether oxygens (including phenoxy) is 1. The van der Waals surface area contributed by atoms with Crippen molar-refractivity contribution in [2.75, 3.05) is 7.11 Å². The number of nitrogens with zero attached hydrogens (tertiary/aromatic N) is 1. The number of hydrogen-bond acceptors (Lipinski definition) is 4. The Morgan fingerprint density at radius 3 is 2.61 bits per heavy atom. The smallest absolute Gasteiger partial charge is 0.139 e. The first-order valence-corrected chi connectivity index (χ1v) is 6.61. The number of thiophene rings is 1. The van der Waals surface area contributed by atoms with Gasteiger partial charge in [-0.1, -0.05) is 34.4 Å². The summed E-state index contributed by atoms with van der Waals surface area (Å²) in [6.07, 6.45) is 0. The standard InChI is InChI=1S/C12H9Cl2NO2S/c1-17-8-5-4-7(10(13)11(8)14)12(15-16)9-3-2-6-18-9/h2-6,16H,1H3/b15-12+. The lowest BCUT2D eigenvalue weighted by molar-refractivity contribution is 0.320. The Kier molecular flexibility index (Phi) is 4.11. The molecule has 0 saturated heterocycles. The highest BCUT2D eigenvalue weighted by atomic mass is 35.5. The lowest BCUT2D eigenvalue weighted by Gasteiger charge is -2.09. The van der Waals surface area contributed by atoms with Crippen LogP contribution in [0.2, 0.25) is 10.0 Å². The molecule has 18 heavy (non-hydrogen) atoms. The molecule has 0 aliphatic carbocycles. The molecule has 94 valence electrons. The van der Waals surface area contributed by atoms with Gasteiger partial charge in [0.25, 0.3) is 0 Å². The third kappa shape index (κ3) is 2.32. The van der Waals surface area contributed by atoms with Gasteiger partial charge < -0.3 is 9.94 Å². The van der Waals surface area contributed by atoms with Crippen LogP contribution in [0.5, 0.6) is 5.75 Å². The van der Waals surface area contributed by atoms with Crippen LogP contribution in [0.25, 0.3) is 0 Å². The summed E-state index contributed by atoms with van der Waals surface area (Å²) >= 11 is 13.7. The first kappa shape index (κ1) is 13.2. The molecule has 0 bridgehead atoms. The fourth-order valence-corrected chi connectivity index (χ4v) is 2.73. The van der Waals surface area contributed by atoms with Crippen LogP contribution in [0.4, 0.5) is 0 Å². The molecular formula is C12H9Cl2NO2S.